The first-order valence-corrected chi connectivity index (χ1v) is 7.09. The Bertz CT molecular complexity index is 249. The Kier molecular flexibility index (Phi) is 4.59. The van der Waals surface area contributed by atoms with Crippen LogP contribution in [0.1, 0.15) is 60.3 Å². The second-order valence-electron chi connectivity index (χ2n) is 6.75. The molecule has 1 unspecified atom stereocenters. The highest BCUT2D eigenvalue weighted by molar-refractivity contribution is 7.80. The normalized spacial score (nSPS) is 24.5. The lowest BCUT2D eigenvalue weighted by molar-refractivity contribution is -0.0407. The minimum absolute atomic E-state index is 0.178. The third kappa shape index (κ3) is 3.92. The van der Waals surface area contributed by atoms with Gasteiger partial charge in [-0.25, -0.2) is 0 Å². The third-order valence-corrected chi connectivity index (χ3v) is 4.15. The molecule has 0 aromatic rings. The predicted molar refractivity (Wildman–Crippen MR) is 77.0 cm³/mol. The van der Waals surface area contributed by atoms with Crippen LogP contribution >= 0.6 is 12.2 Å². The van der Waals surface area contributed by atoms with Crippen molar-refractivity contribution in [3.8, 4) is 0 Å². The molecule has 1 aliphatic rings. The summed E-state index contributed by atoms with van der Waals surface area (Å²) in [4.78, 5) is 2.97. The van der Waals surface area contributed by atoms with Crippen molar-refractivity contribution in [3.63, 3.8) is 0 Å². The van der Waals surface area contributed by atoms with Gasteiger partial charge >= 0.3 is 0 Å². The molecule has 17 heavy (non-hydrogen) atoms. The van der Waals surface area contributed by atoms with Crippen LogP contribution in [0, 0.1) is 11.3 Å². The Morgan fingerprint density at radius 1 is 1.12 bits per heavy atom. The van der Waals surface area contributed by atoms with Gasteiger partial charge in [0.05, 0.1) is 4.99 Å². The molecule has 1 saturated heterocycles. The molecule has 1 rings (SSSR count). The summed E-state index contributed by atoms with van der Waals surface area (Å²) in [5.74, 6) is 0.393. The van der Waals surface area contributed by atoms with Gasteiger partial charge in [-0.15, -0.1) is 0 Å². The first-order valence-electron chi connectivity index (χ1n) is 6.68. The first-order chi connectivity index (χ1) is 7.64. The summed E-state index contributed by atoms with van der Waals surface area (Å²) < 4.78 is 0. The molecule has 1 atom stereocenters. The maximum atomic E-state index is 10.3. The smallest absolute Gasteiger partial charge is 0.132 e. The summed E-state index contributed by atoms with van der Waals surface area (Å²) >= 11 is 5.66. The van der Waals surface area contributed by atoms with Gasteiger partial charge in [0.2, 0.25) is 0 Å². The monoisotopic (exact) mass is 257 g/mol. The zero-order valence-corrected chi connectivity index (χ0v) is 12.7. The van der Waals surface area contributed by atoms with Gasteiger partial charge < -0.3 is 10.0 Å². The van der Waals surface area contributed by atoms with Gasteiger partial charge in [0.25, 0.3) is 0 Å². The third-order valence-electron chi connectivity index (χ3n) is 3.64. The van der Waals surface area contributed by atoms with Crippen LogP contribution in [0.5, 0.6) is 0 Å². The second-order valence-corrected chi connectivity index (χ2v) is 7.17. The Morgan fingerprint density at radius 2 is 1.71 bits per heavy atom. The van der Waals surface area contributed by atoms with Gasteiger partial charge in [0, 0.05) is 12.5 Å². The predicted octanol–water partition coefficient (Wildman–Crippen LogP) is 3.58. The molecular formula is C14H27NOS. The van der Waals surface area contributed by atoms with E-state index in [0.29, 0.717) is 5.92 Å². The molecule has 1 aliphatic heterocycles. The first kappa shape index (κ1) is 14.9. The lowest BCUT2D eigenvalue weighted by Crippen LogP contribution is -2.52. The summed E-state index contributed by atoms with van der Waals surface area (Å²) in [6, 6.07) is 0. The zero-order chi connectivity index (χ0) is 13.3. The second kappa shape index (κ2) is 5.23. The minimum atomic E-state index is -0.835. The highest BCUT2D eigenvalue weighted by atomic mass is 32.1. The van der Waals surface area contributed by atoms with E-state index in [0.717, 1.165) is 24.4 Å². The molecule has 0 saturated carbocycles. The fourth-order valence-electron chi connectivity index (χ4n) is 2.56. The van der Waals surface area contributed by atoms with Gasteiger partial charge in [0.1, 0.15) is 5.72 Å². The molecule has 100 valence electrons. The van der Waals surface area contributed by atoms with E-state index in [-0.39, 0.29) is 5.41 Å². The van der Waals surface area contributed by atoms with Gasteiger partial charge in [-0.1, -0.05) is 45.8 Å². The summed E-state index contributed by atoms with van der Waals surface area (Å²) in [7, 11) is 0. The fourth-order valence-corrected chi connectivity index (χ4v) is 3.35. The molecule has 1 heterocycles. The molecule has 1 N–H and O–H groups in total. The van der Waals surface area contributed by atoms with Gasteiger partial charge in [0.15, 0.2) is 0 Å². The van der Waals surface area contributed by atoms with E-state index in [1.807, 2.05) is 18.7 Å². The summed E-state index contributed by atoms with van der Waals surface area (Å²) in [6.45, 7) is 11.3. The van der Waals surface area contributed by atoms with Crippen LogP contribution in [0.2, 0.25) is 0 Å². The van der Waals surface area contributed by atoms with Crippen molar-refractivity contribution >= 4 is 17.2 Å². The van der Waals surface area contributed by atoms with Gasteiger partial charge in [-0.05, 0) is 32.1 Å². The summed E-state index contributed by atoms with van der Waals surface area (Å²) in [6.07, 6.45) is 4.76. The number of rotatable bonds is 1. The molecule has 2 nitrogen and oxygen atoms in total. The average Bonchev–Trinajstić information content (AvgIpc) is 2.07. The maximum Gasteiger partial charge on any atom is 0.132 e. The fraction of sp³-hybridized carbons (Fsp3) is 0.929. The van der Waals surface area contributed by atoms with Crippen molar-refractivity contribution in [2.75, 3.05) is 6.54 Å². The summed E-state index contributed by atoms with van der Waals surface area (Å²) in [5.41, 5.74) is -0.657. The topological polar surface area (TPSA) is 23.5 Å². The molecular weight excluding hydrogens is 230 g/mol. The highest BCUT2D eigenvalue weighted by Gasteiger charge is 2.36. The molecule has 0 aromatic heterocycles. The molecule has 3 heteroatoms. The number of nitrogens with zero attached hydrogens (tertiary/aromatic N) is 1. The Balaban J connectivity index is 2.95. The number of hydrogen-bond donors (Lipinski definition) is 1. The molecule has 1 fully saturated rings. The molecule has 0 spiro atoms. The van der Waals surface area contributed by atoms with Crippen LogP contribution in [-0.4, -0.2) is 27.3 Å². The van der Waals surface area contributed by atoms with Crippen molar-refractivity contribution in [1.82, 2.24) is 4.90 Å². The Labute approximate surface area is 111 Å². The van der Waals surface area contributed by atoms with Crippen LogP contribution in [-0.2, 0) is 0 Å². The zero-order valence-electron chi connectivity index (χ0n) is 11.9. The largest absolute Gasteiger partial charge is 0.371 e. The Morgan fingerprint density at radius 3 is 2.18 bits per heavy atom. The lowest BCUT2D eigenvalue weighted by Gasteiger charge is -2.44. The van der Waals surface area contributed by atoms with E-state index < -0.39 is 5.72 Å². The van der Waals surface area contributed by atoms with E-state index >= 15 is 0 Å². The van der Waals surface area contributed by atoms with Crippen LogP contribution in [0.4, 0.5) is 0 Å². The molecule has 0 aromatic carbocycles. The number of hydrogen-bond acceptors (Lipinski definition) is 2. The van der Waals surface area contributed by atoms with Crippen molar-refractivity contribution in [1.29, 1.82) is 0 Å². The van der Waals surface area contributed by atoms with Crippen LogP contribution in [0.15, 0.2) is 0 Å². The van der Waals surface area contributed by atoms with Crippen LogP contribution in [0.3, 0.4) is 0 Å². The number of aliphatic hydroxyl groups is 1. The molecule has 0 amide bonds. The standard InChI is InChI=1S/C14H27NOS/c1-13(2,3)11-9-7-6-8-10-15(12(11)17)14(4,5)16/h11,16H,6-10H2,1-5H3. The van der Waals surface area contributed by atoms with Gasteiger partial charge in [-0.2, -0.15) is 0 Å². The molecule has 0 bridgehead atoms. The van der Waals surface area contributed by atoms with Crippen molar-refractivity contribution in [2.24, 2.45) is 11.3 Å². The van der Waals surface area contributed by atoms with E-state index in [1.165, 1.54) is 12.8 Å². The van der Waals surface area contributed by atoms with E-state index in [4.69, 9.17) is 12.2 Å². The quantitative estimate of drug-likeness (QED) is 0.726. The number of thiocarbonyl (C=S) groups is 1. The molecule has 0 aliphatic carbocycles. The van der Waals surface area contributed by atoms with Crippen molar-refractivity contribution < 1.29 is 5.11 Å². The average molecular weight is 257 g/mol. The van der Waals surface area contributed by atoms with E-state index in [9.17, 15) is 5.11 Å². The number of likely N-dealkylation sites (tertiary alicyclic amines) is 1. The molecule has 0 radical (unpaired) electrons. The summed E-state index contributed by atoms with van der Waals surface area (Å²) in [5, 5.41) is 10.3. The minimum Gasteiger partial charge on any atom is -0.371 e. The Hall–Kier alpha value is -0.150. The van der Waals surface area contributed by atoms with Crippen LogP contribution in [0.25, 0.3) is 0 Å². The van der Waals surface area contributed by atoms with Crippen molar-refractivity contribution in [2.45, 2.75) is 66.0 Å². The SMILES string of the molecule is CC(C)(C)C1CCCCCN(C(C)(C)O)C1=S. The van der Waals surface area contributed by atoms with Gasteiger partial charge in [-0.3, -0.25) is 0 Å². The maximum absolute atomic E-state index is 10.3. The van der Waals surface area contributed by atoms with Crippen molar-refractivity contribution in [3.05, 3.63) is 0 Å². The highest BCUT2D eigenvalue weighted by Crippen LogP contribution is 2.35. The lowest BCUT2D eigenvalue weighted by atomic mass is 9.76. The van der Waals surface area contributed by atoms with E-state index in [1.54, 1.807) is 0 Å². The van der Waals surface area contributed by atoms with Crippen LogP contribution < -0.4 is 0 Å². The van der Waals surface area contributed by atoms with E-state index in [2.05, 4.69) is 20.8 Å².